The first-order valence-corrected chi connectivity index (χ1v) is 10.1. The molecule has 0 aliphatic heterocycles. The van der Waals surface area contributed by atoms with E-state index in [0.29, 0.717) is 29.3 Å². The van der Waals surface area contributed by atoms with Gasteiger partial charge in [-0.15, -0.1) is 0 Å². The van der Waals surface area contributed by atoms with E-state index >= 15 is 0 Å². The Hall–Kier alpha value is -3.74. The number of aromatic nitrogens is 2. The summed E-state index contributed by atoms with van der Waals surface area (Å²) >= 11 is 0. The minimum atomic E-state index is -1.04. The normalized spacial score (nSPS) is 11.7. The molecule has 0 fully saturated rings. The van der Waals surface area contributed by atoms with Gasteiger partial charge in [0.15, 0.2) is 0 Å². The maximum absolute atomic E-state index is 12.6. The number of aryl methyl sites for hydroxylation is 1. The van der Waals surface area contributed by atoms with E-state index in [4.69, 9.17) is 0 Å². The van der Waals surface area contributed by atoms with Crippen molar-refractivity contribution in [2.24, 2.45) is 5.92 Å². The van der Waals surface area contributed by atoms with Gasteiger partial charge in [0.05, 0.1) is 5.69 Å². The molecule has 7 heteroatoms. The molecule has 0 radical (unpaired) electrons. The molecule has 31 heavy (non-hydrogen) atoms. The van der Waals surface area contributed by atoms with Gasteiger partial charge in [-0.1, -0.05) is 50.2 Å². The van der Waals surface area contributed by atoms with Crippen molar-refractivity contribution in [3.63, 3.8) is 0 Å². The number of carbonyl (C=O) groups is 2. The van der Waals surface area contributed by atoms with Crippen LogP contribution in [0.3, 0.4) is 0 Å². The number of rotatable bonds is 8. The van der Waals surface area contributed by atoms with Crippen LogP contribution in [0.5, 0.6) is 0 Å². The number of amides is 1. The van der Waals surface area contributed by atoms with Gasteiger partial charge in [-0.3, -0.25) is 4.79 Å². The van der Waals surface area contributed by atoms with Crippen molar-refractivity contribution >= 4 is 23.4 Å². The number of aliphatic carboxylic acids is 1. The van der Waals surface area contributed by atoms with Gasteiger partial charge in [0, 0.05) is 22.9 Å². The standard InChI is InChI=1S/C24H26N4O3/c1-15(2)12-21(24(30)31)28-23(29)18-10-7-11-19(13-18)27-22-14-20(25-16(3)26-22)17-8-5-4-6-9-17/h4-11,13-15,21H,12H2,1-3H3,(H,28,29)(H,30,31)(H,25,26,27). The molecule has 7 nitrogen and oxygen atoms in total. The molecule has 3 N–H and O–H groups in total. The lowest BCUT2D eigenvalue weighted by Crippen LogP contribution is -2.41. The second kappa shape index (κ2) is 9.84. The van der Waals surface area contributed by atoms with Gasteiger partial charge in [-0.25, -0.2) is 14.8 Å². The Morgan fingerprint density at radius 3 is 2.42 bits per heavy atom. The number of carboxylic acids is 1. The predicted molar refractivity (Wildman–Crippen MR) is 120 cm³/mol. The molecule has 1 aromatic heterocycles. The van der Waals surface area contributed by atoms with E-state index in [1.807, 2.05) is 63.2 Å². The van der Waals surface area contributed by atoms with Gasteiger partial charge >= 0.3 is 5.97 Å². The van der Waals surface area contributed by atoms with Gasteiger partial charge in [0.2, 0.25) is 0 Å². The molecule has 2 aromatic carbocycles. The lowest BCUT2D eigenvalue weighted by atomic mass is 10.0. The SMILES string of the molecule is Cc1nc(Nc2cccc(C(=O)NC(CC(C)C)C(=O)O)c2)cc(-c2ccccc2)n1. The first-order chi connectivity index (χ1) is 14.8. The maximum Gasteiger partial charge on any atom is 0.326 e. The summed E-state index contributed by atoms with van der Waals surface area (Å²) in [4.78, 5) is 33.0. The number of hydrogen-bond acceptors (Lipinski definition) is 5. The lowest BCUT2D eigenvalue weighted by Gasteiger charge is -2.17. The van der Waals surface area contributed by atoms with E-state index in [2.05, 4.69) is 20.6 Å². The second-order valence-electron chi connectivity index (χ2n) is 7.75. The van der Waals surface area contributed by atoms with Crippen molar-refractivity contribution < 1.29 is 14.7 Å². The highest BCUT2D eigenvalue weighted by atomic mass is 16.4. The number of anilines is 2. The van der Waals surface area contributed by atoms with Crippen LogP contribution in [-0.2, 0) is 4.79 Å². The van der Waals surface area contributed by atoms with Crippen LogP contribution in [0.25, 0.3) is 11.3 Å². The molecular formula is C24H26N4O3. The van der Waals surface area contributed by atoms with Crippen molar-refractivity contribution in [2.75, 3.05) is 5.32 Å². The quantitative estimate of drug-likeness (QED) is 0.500. The van der Waals surface area contributed by atoms with E-state index in [-0.39, 0.29) is 5.92 Å². The summed E-state index contributed by atoms with van der Waals surface area (Å²) in [5.74, 6) is -0.0983. The smallest absolute Gasteiger partial charge is 0.326 e. The molecule has 3 aromatic rings. The predicted octanol–water partition coefficient (Wildman–Crippen LogP) is 4.42. The van der Waals surface area contributed by atoms with E-state index in [9.17, 15) is 14.7 Å². The Bertz CT molecular complexity index is 1070. The molecule has 1 amide bonds. The molecule has 3 rings (SSSR count). The Kier molecular flexibility index (Phi) is 6.97. The van der Waals surface area contributed by atoms with Gasteiger partial charge in [-0.05, 0) is 37.5 Å². The minimum absolute atomic E-state index is 0.147. The molecule has 0 aliphatic carbocycles. The molecule has 0 saturated carbocycles. The molecule has 1 unspecified atom stereocenters. The van der Waals surface area contributed by atoms with Crippen LogP contribution in [0.4, 0.5) is 11.5 Å². The van der Waals surface area contributed by atoms with Gasteiger partial charge in [-0.2, -0.15) is 0 Å². The second-order valence-corrected chi connectivity index (χ2v) is 7.75. The van der Waals surface area contributed by atoms with Crippen molar-refractivity contribution in [3.8, 4) is 11.3 Å². The minimum Gasteiger partial charge on any atom is -0.480 e. The molecule has 1 heterocycles. The van der Waals surface area contributed by atoms with E-state index in [1.54, 1.807) is 18.2 Å². The fourth-order valence-electron chi connectivity index (χ4n) is 3.21. The molecule has 1 atom stereocenters. The highest BCUT2D eigenvalue weighted by Crippen LogP contribution is 2.22. The molecule has 160 valence electrons. The summed E-state index contributed by atoms with van der Waals surface area (Å²) in [5, 5.41) is 15.2. The van der Waals surface area contributed by atoms with Gasteiger partial charge in [0.25, 0.3) is 5.91 Å². The summed E-state index contributed by atoms with van der Waals surface area (Å²) in [6, 6.07) is 17.6. The zero-order valence-corrected chi connectivity index (χ0v) is 17.8. The van der Waals surface area contributed by atoms with E-state index in [1.165, 1.54) is 0 Å². The average molecular weight is 418 g/mol. The third-order valence-corrected chi connectivity index (χ3v) is 4.62. The molecule has 0 saturated heterocycles. The fraction of sp³-hybridized carbons (Fsp3) is 0.250. The van der Waals surface area contributed by atoms with E-state index in [0.717, 1.165) is 11.3 Å². The number of nitrogens with zero attached hydrogens (tertiary/aromatic N) is 2. The van der Waals surface area contributed by atoms with Gasteiger partial charge < -0.3 is 15.7 Å². The van der Waals surface area contributed by atoms with Crippen molar-refractivity contribution in [1.82, 2.24) is 15.3 Å². The highest BCUT2D eigenvalue weighted by molar-refractivity contribution is 5.97. The maximum atomic E-state index is 12.6. The first-order valence-electron chi connectivity index (χ1n) is 10.1. The van der Waals surface area contributed by atoms with Crippen molar-refractivity contribution in [1.29, 1.82) is 0 Å². The first kappa shape index (κ1) is 22.0. The Morgan fingerprint density at radius 1 is 1.00 bits per heavy atom. The van der Waals surface area contributed by atoms with Crippen molar-refractivity contribution in [2.45, 2.75) is 33.2 Å². The molecular weight excluding hydrogens is 392 g/mol. The monoisotopic (exact) mass is 418 g/mol. The largest absolute Gasteiger partial charge is 0.480 e. The fourth-order valence-corrected chi connectivity index (χ4v) is 3.21. The molecule has 0 bridgehead atoms. The van der Waals surface area contributed by atoms with Crippen LogP contribution in [0.15, 0.2) is 60.7 Å². The summed E-state index contributed by atoms with van der Waals surface area (Å²) in [7, 11) is 0. The third-order valence-electron chi connectivity index (χ3n) is 4.62. The lowest BCUT2D eigenvalue weighted by molar-refractivity contribution is -0.139. The van der Waals surface area contributed by atoms with Crippen LogP contribution >= 0.6 is 0 Å². The number of carboxylic acid groups (broad SMARTS) is 1. The topological polar surface area (TPSA) is 104 Å². The third kappa shape index (κ3) is 6.12. The van der Waals surface area contributed by atoms with E-state index < -0.39 is 17.9 Å². The zero-order chi connectivity index (χ0) is 22.4. The average Bonchev–Trinajstić information content (AvgIpc) is 2.73. The highest BCUT2D eigenvalue weighted by Gasteiger charge is 2.21. The summed E-state index contributed by atoms with van der Waals surface area (Å²) in [6.45, 7) is 5.66. The zero-order valence-electron chi connectivity index (χ0n) is 17.8. The van der Waals surface area contributed by atoms with Crippen LogP contribution in [0.1, 0.15) is 36.5 Å². The van der Waals surface area contributed by atoms with Crippen molar-refractivity contribution in [3.05, 3.63) is 72.1 Å². The molecule has 0 spiro atoms. The summed E-state index contributed by atoms with van der Waals surface area (Å²) < 4.78 is 0. The number of benzene rings is 2. The number of carbonyl (C=O) groups excluding carboxylic acids is 1. The Labute approximate surface area is 181 Å². The molecule has 0 aliphatic rings. The van der Waals surface area contributed by atoms with Crippen LogP contribution < -0.4 is 10.6 Å². The van der Waals surface area contributed by atoms with Gasteiger partial charge in [0.1, 0.15) is 17.7 Å². The Morgan fingerprint density at radius 2 is 1.74 bits per heavy atom. The number of nitrogens with one attached hydrogen (secondary N) is 2. The summed E-state index contributed by atoms with van der Waals surface area (Å²) in [6.07, 6.45) is 0.363. The van der Waals surface area contributed by atoms with Crippen LogP contribution in [0.2, 0.25) is 0 Å². The van der Waals surface area contributed by atoms with Crippen LogP contribution in [-0.4, -0.2) is 33.0 Å². The Balaban J connectivity index is 1.79. The number of hydrogen-bond donors (Lipinski definition) is 3. The summed E-state index contributed by atoms with van der Waals surface area (Å²) in [5.41, 5.74) is 2.81. The van der Waals surface area contributed by atoms with Crippen LogP contribution in [0, 0.1) is 12.8 Å².